The monoisotopic (exact) mass is 337 g/mol. The highest BCUT2D eigenvalue weighted by molar-refractivity contribution is 5.99. The third kappa shape index (κ3) is 3.73. The fraction of sp³-hybridized carbons (Fsp3) is 0.333. The molecule has 1 saturated heterocycles. The molecule has 0 bridgehead atoms. The third-order valence-corrected chi connectivity index (χ3v) is 4.76. The second-order valence-corrected chi connectivity index (χ2v) is 6.42. The van der Waals surface area contributed by atoms with Crippen molar-refractivity contribution in [3.8, 4) is 5.75 Å². The van der Waals surface area contributed by atoms with E-state index >= 15 is 0 Å². The average molecular weight is 337 g/mol. The number of rotatable bonds is 4. The van der Waals surface area contributed by atoms with Gasteiger partial charge in [-0.2, -0.15) is 0 Å². The second-order valence-electron chi connectivity index (χ2n) is 6.42. The molecule has 1 unspecified atom stereocenters. The maximum absolute atomic E-state index is 13.1. The fourth-order valence-electron chi connectivity index (χ4n) is 3.41. The van der Waals surface area contributed by atoms with Crippen LogP contribution in [-0.4, -0.2) is 30.2 Å². The minimum Gasteiger partial charge on any atom is -0.497 e. The molecule has 0 aliphatic carbocycles. The summed E-state index contributed by atoms with van der Waals surface area (Å²) in [7, 11) is 1.65. The summed E-state index contributed by atoms with van der Waals surface area (Å²) in [6.07, 6.45) is 3.03. The van der Waals surface area contributed by atoms with Gasteiger partial charge in [0.2, 0.25) is 0 Å². The lowest BCUT2D eigenvalue weighted by atomic mass is 9.94. The molecule has 130 valence electrons. The second kappa shape index (κ2) is 7.51. The van der Waals surface area contributed by atoms with Crippen LogP contribution in [0.25, 0.3) is 0 Å². The summed E-state index contributed by atoms with van der Waals surface area (Å²) in [5, 5.41) is 0. The van der Waals surface area contributed by atoms with Gasteiger partial charge in [0, 0.05) is 17.7 Å². The number of hydrogen-bond donors (Lipinski definition) is 0. The van der Waals surface area contributed by atoms with Gasteiger partial charge in [0.05, 0.1) is 13.2 Å². The van der Waals surface area contributed by atoms with Gasteiger partial charge in [0.25, 0.3) is 5.91 Å². The number of Topliss-reactive ketones (excluding diaryl/α,β-unsaturated/α-hetero) is 1. The lowest BCUT2D eigenvalue weighted by Gasteiger charge is -2.36. The number of likely N-dealkylation sites (tertiary alicyclic amines) is 1. The molecule has 1 aliphatic rings. The fourth-order valence-corrected chi connectivity index (χ4v) is 3.41. The van der Waals surface area contributed by atoms with Crippen LogP contribution in [0.1, 0.15) is 58.5 Å². The average Bonchev–Trinajstić information content (AvgIpc) is 2.67. The molecule has 1 fully saturated rings. The first kappa shape index (κ1) is 17.2. The number of carbonyl (C=O) groups excluding carboxylic acids is 2. The molecule has 3 rings (SSSR count). The zero-order valence-electron chi connectivity index (χ0n) is 14.7. The molecule has 1 heterocycles. The lowest BCUT2D eigenvalue weighted by molar-refractivity contribution is 0.0611. The molecule has 4 heteroatoms. The Morgan fingerprint density at radius 2 is 1.80 bits per heavy atom. The predicted octanol–water partition coefficient (Wildman–Crippen LogP) is 4.27. The first-order valence-electron chi connectivity index (χ1n) is 8.66. The Morgan fingerprint density at radius 3 is 2.56 bits per heavy atom. The largest absolute Gasteiger partial charge is 0.497 e. The Hall–Kier alpha value is -2.62. The topological polar surface area (TPSA) is 46.6 Å². The summed E-state index contributed by atoms with van der Waals surface area (Å²) in [5.41, 5.74) is 2.23. The number of benzene rings is 2. The molecule has 2 aromatic carbocycles. The standard InChI is InChI=1S/C21H23NO3/c1-15(23)16-7-5-9-18(13-16)21(24)22-12-4-3-11-20(22)17-8-6-10-19(14-17)25-2/h5-10,13-14,20H,3-4,11-12H2,1-2H3. The van der Waals surface area contributed by atoms with Gasteiger partial charge in [-0.1, -0.05) is 24.3 Å². The van der Waals surface area contributed by atoms with Gasteiger partial charge in [0.1, 0.15) is 5.75 Å². The van der Waals surface area contributed by atoms with Crippen molar-refractivity contribution in [2.75, 3.05) is 13.7 Å². The number of piperidine rings is 1. The minimum atomic E-state index is -0.0300. The smallest absolute Gasteiger partial charge is 0.254 e. The van der Waals surface area contributed by atoms with Crippen LogP contribution >= 0.6 is 0 Å². The highest BCUT2D eigenvalue weighted by Gasteiger charge is 2.29. The van der Waals surface area contributed by atoms with Crippen LogP contribution in [0.3, 0.4) is 0 Å². The van der Waals surface area contributed by atoms with Crippen LogP contribution in [0.2, 0.25) is 0 Å². The van der Waals surface area contributed by atoms with Crippen LogP contribution in [0.4, 0.5) is 0 Å². The minimum absolute atomic E-state index is 0.0179. The number of carbonyl (C=O) groups is 2. The number of amides is 1. The molecule has 0 N–H and O–H groups in total. The van der Waals surface area contributed by atoms with E-state index in [1.807, 2.05) is 29.2 Å². The number of ketones is 1. The van der Waals surface area contributed by atoms with Crippen molar-refractivity contribution in [2.24, 2.45) is 0 Å². The van der Waals surface area contributed by atoms with Gasteiger partial charge >= 0.3 is 0 Å². The van der Waals surface area contributed by atoms with Crippen molar-refractivity contribution in [1.82, 2.24) is 4.90 Å². The summed E-state index contributed by atoms with van der Waals surface area (Å²) < 4.78 is 5.33. The zero-order valence-corrected chi connectivity index (χ0v) is 14.7. The summed E-state index contributed by atoms with van der Waals surface area (Å²) in [5.74, 6) is 0.752. The third-order valence-electron chi connectivity index (χ3n) is 4.76. The summed E-state index contributed by atoms with van der Waals surface area (Å²) in [4.78, 5) is 26.6. The van der Waals surface area contributed by atoms with Crippen molar-refractivity contribution < 1.29 is 14.3 Å². The molecule has 25 heavy (non-hydrogen) atoms. The SMILES string of the molecule is COc1cccc(C2CCCCN2C(=O)c2cccc(C(C)=O)c2)c1. The zero-order chi connectivity index (χ0) is 17.8. The van der Waals surface area contributed by atoms with Crippen LogP contribution in [-0.2, 0) is 0 Å². The lowest BCUT2D eigenvalue weighted by Crippen LogP contribution is -2.38. The summed E-state index contributed by atoms with van der Waals surface area (Å²) in [6, 6.07) is 15.0. The maximum Gasteiger partial charge on any atom is 0.254 e. The number of hydrogen-bond acceptors (Lipinski definition) is 3. The van der Waals surface area contributed by atoms with E-state index < -0.39 is 0 Å². The van der Waals surface area contributed by atoms with Crippen molar-refractivity contribution in [3.05, 3.63) is 65.2 Å². The molecule has 0 spiro atoms. The number of methoxy groups -OCH3 is 1. The molecule has 1 atom stereocenters. The van der Waals surface area contributed by atoms with Crippen LogP contribution in [0.15, 0.2) is 48.5 Å². The summed E-state index contributed by atoms with van der Waals surface area (Å²) in [6.45, 7) is 2.24. The Labute approximate surface area is 148 Å². The van der Waals surface area contributed by atoms with Crippen molar-refractivity contribution in [3.63, 3.8) is 0 Å². The van der Waals surface area contributed by atoms with Crippen LogP contribution < -0.4 is 4.74 Å². The normalized spacial score (nSPS) is 17.2. The molecule has 2 aromatic rings. The molecular weight excluding hydrogens is 314 g/mol. The van der Waals surface area contributed by atoms with Gasteiger partial charge in [0.15, 0.2) is 5.78 Å². The van der Waals surface area contributed by atoms with E-state index in [9.17, 15) is 9.59 Å². The molecule has 1 aliphatic heterocycles. The molecule has 1 amide bonds. The molecule has 0 saturated carbocycles. The number of nitrogens with zero attached hydrogens (tertiary/aromatic N) is 1. The van der Waals surface area contributed by atoms with E-state index in [4.69, 9.17) is 4.74 Å². The predicted molar refractivity (Wildman–Crippen MR) is 97.1 cm³/mol. The van der Waals surface area contributed by atoms with Crippen molar-refractivity contribution in [1.29, 1.82) is 0 Å². The first-order chi connectivity index (χ1) is 12.1. The number of ether oxygens (including phenoxy) is 1. The van der Waals surface area contributed by atoms with Crippen molar-refractivity contribution >= 4 is 11.7 Å². The van der Waals surface area contributed by atoms with E-state index in [-0.39, 0.29) is 17.7 Å². The van der Waals surface area contributed by atoms with Crippen LogP contribution in [0, 0.1) is 0 Å². The maximum atomic E-state index is 13.1. The van der Waals surface area contributed by atoms with Gasteiger partial charge in [-0.25, -0.2) is 0 Å². The molecule has 0 aromatic heterocycles. The van der Waals surface area contributed by atoms with Crippen LogP contribution in [0.5, 0.6) is 5.75 Å². The van der Waals surface area contributed by atoms with Crippen molar-refractivity contribution in [2.45, 2.75) is 32.2 Å². The molecular formula is C21H23NO3. The van der Waals surface area contributed by atoms with E-state index in [0.717, 1.165) is 37.1 Å². The Morgan fingerprint density at radius 1 is 1.04 bits per heavy atom. The Balaban J connectivity index is 1.91. The highest BCUT2D eigenvalue weighted by Crippen LogP contribution is 2.33. The van der Waals surface area contributed by atoms with E-state index in [1.165, 1.54) is 6.92 Å². The molecule has 4 nitrogen and oxygen atoms in total. The van der Waals surface area contributed by atoms with Gasteiger partial charge < -0.3 is 9.64 Å². The highest BCUT2D eigenvalue weighted by atomic mass is 16.5. The van der Waals surface area contributed by atoms with Gasteiger partial charge in [-0.05, 0) is 56.0 Å². The Bertz CT molecular complexity index is 784. The quantitative estimate of drug-likeness (QED) is 0.783. The summed E-state index contributed by atoms with van der Waals surface area (Å²) >= 11 is 0. The van der Waals surface area contributed by atoms with E-state index in [2.05, 4.69) is 0 Å². The van der Waals surface area contributed by atoms with Gasteiger partial charge in [-0.3, -0.25) is 9.59 Å². The first-order valence-corrected chi connectivity index (χ1v) is 8.66. The van der Waals surface area contributed by atoms with E-state index in [0.29, 0.717) is 11.1 Å². The van der Waals surface area contributed by atoms with Gasteiger partial charge in [-0.15, -0.1) is 0 Å². The van der Waals surface area contributed by atoms with E-state index in [1.54, 1.807) is 31.4 Å². The Kier molecular flexibility index (Phi) is 5.17. The molecule has 0 radical (unpaired) electrons.